The van der Waals surface area contributed by atoms with Crippen LogP contribution in [0.2, 0.25) is 0 Å². The Kier molecular flexibility index (Phi) is 3.51. The molecule has 0 radical (unpaired) electrons. The van der Waals surface area contributed by atoms with Crippen molar-refractivity contribution >= 4 is 6.21 Å². The molecule has 1 rings (SSSR count). The molecule has 0 atom stereocenters. The quantitative estimate of drug-likeness (QED) is 0.453. The summed E-state index contributed by atoms with van der Waals surface area (Å²) in [5.41, 5.74) is 2.08. The number of hydrazone groups is 1. The molecule has 0 saturated carbocycles. The van der Waals surface area contributed by atoms with Gasteiger partial charge in [-0.15, -0.1) is 0 Å². The van der Waals surface area contributed by atoms with Gasteiger partial charge in [-0.3, -0.25) is 0 Å². The Balaban J connectivity index is 2.89. The van der Waals surface area contributed by atoms with Crippen molar-refractivity contribution in [2.45, 2.75) is 26.9 Å². The van der Waals surface area contributed by atoms with E-state index in [-0.39, 0.29) is 6.10 Å². The maximum Gasteiger partial charge on any atom is 0.122 e. The number of nitrogens with zero attached hydrogens (tertiary/aromatic N) is 1. The zero-order valence-corrected chi connectivity index (χ0v) is 8.82. The van der Waals surface area contributed by atoms with Crippen LogP contribution in [0.1, 0.15) is 25.0 Å². The topological polar surface area (TPSA) is 47.6 Å². The predicted octanol–water partition coefficient (Wildman–Crippen LogP) is 2.07. The minimum Gasteiger partial charge on any atom is -0.491 e. The number of rotatable bonds is 3. The van der Waals surface area contributed by atoms with Crippen molar-refractivity contribution in [2.24, 2.45) is 10.9 Å². The molecule has 3 heteroatoms. The number of benzene rings is 1. The SMILES string of the molecule is Cc1cc(C=NN)ccc1OC(C)C. The highest BCUT2D eigenvalue weighted by atomic mass is 16.5. The minimum atomic E-state index is 0.197. The van der Waals surface area contributed by atoms with Crippen LogP contribution in [0.15, 0.2) is 23.3 Å². The first-order valence-electron chi connectivity index (χ1n) is 4.64. The molecule has 0 heterocycles. The summed E-state index contributed by atoms with van der Waals surface area (Å²) in [4.78, 5) is 0. The predicted molar refractivity (Wildman–Crippen MR) is 58.7 cm³/mol. The molecule has 2 N–H and O–H groups in total. The van der Waals surface area contributed by atoms with Crippen molar-refractivity contribution in [2.75, 3.05) is 0 Å². The van der Waals surface area contributed by atoms with E-state index in [2.05, 4.69) is 5.10 Å². The number of ether oxygens (including phenoxy) is 1. The number of aryl methyl sites for hydroxylation is 1. The third-order valence-corrected chi connectivity index (χ3v) is 1.79. The van der Waals surface area contributed by atoms with E-state index in [0.717, 1.165) is 16.9 Å². The first-order valence-corrected chi connectivity index (χ1v) is 4.64. The summed E-state index contributed by atoms with van der Waals surface area (Å²) >= 11 is 0. The molecule has 0 fully saturated rings. The molecule has 14 heavy (non-hydrogen) atoms. The van der Waals surface area contributed by atoms with E-state index in [1.165, 1.54) is 0 Å². The van der Waals surface area contributed by atoms with Crippen molar-refractivity contribution in [3.05, 3.63) is 29.3 Å². The van der Waals surface area contributed by atoms with Gasteiger partial charge >= 0.3 is 0 Å². The van der Waals surface area contributed by atoms with Crippen LogP contribution in [0, 0.1) is 6.92 Å². The average Bonchev–Trinajstić information content (AvgIpc) is 2.10. The Hall–Kier alpha value is -1.51. The Morgan fingerprint density at radius 1 is 1.43 bits per heavy atom. The zero-order valence-electron chi connectivity index (χ0n) is 8.82. The summed E-state index contributed by atoms with van der Waals surface area (Å²) in [5, 5.41) is 3.47. The molecule has 3 nitrogen and oxygen atoms in total. The normalized spacial score (nSPS) is 11.1. The molecule has 0 aliphatic heterocycles. The van der Waals surface area contributed by atoms with Gasteiger partial charge in [-0.25, -0.2) is 0 Å². The van der Waals surface area contributed by atoms with Gasteiger partial charge < -0.3 is 10.6 Å². The minimum absolute atomic E-state index is 0.197. The molecular formula is C11H16N2O. The molecule has 0 bridgehead atoms. The van der Waals surface area contributed by atoms with Gasteiger partial charge in [0.25, 0.3) is 0 Å². The number of hydrogen-bond donors (Lipinski definition) is 1. The van der Waals surface area contributed by atoms with E-state index in [0.29, 0.717) is 0 Å². The lowest BCUT2D eigenvalue weighted by molar-refractivity contribution is 0.241. The molecule has 0 aromatic heterocycles. The van der Waals surface area contributed by atoms with Crippen LogP contribution in [-0.4, -0.2) is 12.3 Å². The fourth-order valence-corrected chi connectivity index (χ4v) is 1.23. The van der Waals surface area contributed by atoms with Crippen LogP contribution >= 0.6 is 0 Å². The van der Waals surface area contributed by atoms with Crippen molar-refractivity contribution in [3.63, 3.8) is 0 Å². The first-order chi connectivity index (χ1) is 6.63. The van der Waals surface area contributed by atoms with E-state index in [9.17, 15) is 0 Å². The van der Waals surface area contributed by atoms with Crippen LogP contribution in [0.3, 0.4) is 0 Å². The smallest absolute Gasteiger partial charge is 0.122 e. The second-order valence-corrected chi connectivity index (χ2v) is 3.47. The van der Waals surface area contributed by atoms with Gasteiger partial charge in [0.05, 0.1) is 12.3 Å². The second kappa shape index (κ2) is 4.65. The Morgan fingerprint density at radius 3 is 2.64 bits per heavy atom. The Morgan fingerprint density at radius 2 is 2.14 bits per heavy atom. The third kappa shape index (κ3) is 2.76. The molecule has 0 spiro atoms. The van der Waals surface area contributed by atoms with E-state index >= 15 is 0 Å². The summed E-state index contributed by atoms with van der Waals surface area (Å²) in [6.07, 6.45) is 1.81. The highest BCUT2D eigenvalue weighted by Gasteiger charge is 2.01. The second-order valence-electron chi connectivity index (χ2n) is 3.47. The van der Waals surface area contributed by atoms with Gasteiger partial charge in [0, 0.05) is 0 Å². The van der Waals surface area contributed by atoms with E-state index in [1.54, 1.807) is 6.21 Å². The highest BCUT2D eigenvalue weighted by Crippen LogP contribution is 2.19. The summed E-state index contributed by atoms with van der Waals surface area (Å²) in [5.74, 6) is 5.98. The van der Waals surface area contributed by atoms with Gasteiger partial charge in [-0.05, 0) is 50.1 Å². The lowest BCUT2D eigenvalue weighted by atomic mass is 10.1. The Bertz CT molecular complexity index is 332. The summed E-state index contributed by atoms with van der Waals surface area (Å²) in [6, 6.07) is 5.86. The molecule has 0 saturated heterocycles. The van der Waals surface area contributed by atoms with Crippen molar-refractivity contribution in [3.8, 4) is 5.75 Å². The molecule has 0 aliphatic carbocycles. The summed E-state index contributed by atoms with van der Waals surface area (Å²) in [6.45, 7) is 6.02. The summed E-state index contributed by atoms with van der Waals surface area (Å²) < 4.78 is 5.60. The van der Waals surface area contributed by atoms with E-state index < -0.39 is 0 Å². The highest BCUT2D eigenvalue weighted by molar-refractivity contribution is 5.80. The first kappa shape index (κ1) is 10.6. The van der Waals surface area contributed by atoms with Gasteiger partial charge in [0.15, 0.2) is 0 Å². The van der Waals surface area contributed by atoms with Crippen molar-refractivity contribution in [1.82, 2.24) is 0 Å². The fourth-order valence-electron chi connectivity index (χ4n) is 1.23. The van der Waals surface area contributed by atoms with Gasteiger partial charge in [-0.2, -0.15) is 5.10 Å². The Labute approximate surface area is 84.6 Å². The monoisotopic (exact) mass is 192 g/mol. The van der Waals surface area contributed by atoms with E-state index in [4.69, 9.17) is 10.6 Å². The maximum absolute atomic E-state index is 5.60. The fraction of sp³-hybridized carbons (Fsp3) is 0.364. The molecule has 0 aliphatic rings. The van der Waals surface area contributed by atoms with Crippen LogP contribution < -0.4 is 10.6 Å². The molecular weight excluding hydrogens is 176 g/mol. The van der Waals surface area contributed by atoms with Gasteiger partial charge in [-0.1, -0.05) is 0 Å². The largest absolute Gasteiger partial charge is 0.491 e. The van der Waals surface area contributed by atoms with Crippen LogP contribution in [-0.2, 0) is 0 Å². The third-order valence-electron chi connectivity index (χ3n) is 1.79. The number of nitrogens with two attached hydrogens (primary N) is 1. The van der Waals surface area contributed by atoms with Gasteiger partial charge in [0.2, 0.25) is 0 Å². The molecule has 0 unspecified atom stereocenters. The van der Waals surface area contributed by atoms with Crippen molar-refractivity contribution in [1.29, 1.82) is 0 Å². The lowest BCUT2D eigenvalue weighted by Gasteiger charge is -2.12. The van der Waals surface area contributed by atoms with Crippen molar-refractivity contribution < 1.29 is 4.74 Å². The average molecular weight is 192 g/mol. The zero-order chi connectivity index (χ0) is 10.6. The number of hydrogen-bond acceptors (Lipinski definition) is 3. The lowest BCUT2D eigenvalue weighted by Crippen LogP contribution is -2.06. The summed E-state index contributed by atoms with van der Waals surface area (Å²) in [7, 11) is 0. The van der Waals surface area contributed by atoms with Crippen LogP contribution in [0.25, 0.3) is 0 Å². The van der Waals surface area contributed by atoms with Crippen LogP contribution in [0.4, 0.5) is 0 Å². The van der Waals surface area contributed by atoms with Crippen LogP contribution in [0.5, 0.6) is 5.75 Å². The van der Waals surface area contributed by atoms with E-state index in [1.807, 2.05) is 39.0 Å². The molecule has 1 aromatic rings. The maximum atomic E-state index is 5.60. The molecule has 1 aromatic carbocycles. The van der Waals surface area contributed by atoms with Gasteiger partial charge in [0.1, 0.15) is 5.75 Å². The molecule has 76 valence electrons. The standard InChI is InChI=1S/C11H16N2O/c1-8(2)14-11-5-4-10(7-13-12)6-9(11)3/h4-8H,12H2,1-3H3. The molecule has 0 amide bonds.